The molecular weight excluding hydrogens is 284 g/mol. The van der Waals surface area contributed by atoms with Gasteiger partial charge in [-0.3, -0.25) is 5.41 Å². The molecule has 4 nitrogen and oxygen atoms in total. The second-order valence-electron chi connectivity index (χ2n) is 6.52. The summed E-state index contributed by atoms with van der Waals surface area (Å²) in [4.78, 5) is 1.93. The van der Waals surface area contributed by atoms with Crippen LogP contribution in [0.2, 0.25) is 0 Å². The minimum atomic E-state index is -0.205. The van der Waals surface area contributed by atoms with Crippen molar-refractivity contribution in [2.24, 2.45) is 11.7 Å². The van der Waals surface area contributed by atoms with Crippen LogP contribution in [0.25, 0.3) is 5.70 Å². The van der Waals surface area contributed by atoms with E-state index in [-0.39, 0.29) is 6.04 Å². The second kappa shape index (κ2) is 8.27. The van der Waals surface area contributed by atoms with E-state index < -0.39 is 0 Å². The van der Waals surface area contributed by atoms with E-state index in [1.165, 1.54) is 18.4 Å². The molecule has 0 radical (unpaired) electrons. The Morgan fingerprint density at radius 3 is 2.52 bits per heavy atom. The van der Waals surface area contributed by atoms with Crippen LogP contribution in [0, 0.1) is 18.3 Å². The van der Waals surface area contributed by atoms with Crippen molar-refractivity contribution in [3.05, 3.63) is 41.5 Å². The Kier molecular flexibility index (Phi) is 6.37. The third-order valence-electron chi connectivity index (χ3n) is 4.74. The standard InChI is InChI=1S/C19H30N4/c1-4-18(16-7-5-14(2)6-8-16)23(3)19(21)17(20)13-15-9-11-22-12-10-15/h4-8,15,17,21-22H,9-13,20H2,1-3H3/b18-4-,21-19?/t17-/m0/s1. The van der Waals surface area contributed by atoms with Crippen molar-refractivity contribution in [3.63, 3.8) is 0 Å². The van der Waals surface area contributed by atoms with Crippen LogP contribution in [-0.2, 0) is 0 Å². The van der Waals surface area contributed by atoms with Gasteiger partial charge in [-0.25, -0.2) is 0 Å². The van der Waals surface area contributed by atoms with E-state index in [1.807, 2.05) is 18.9 Å². The SMILES string of the molecule is C/C=C(/c1ccc(C)cc1)N(C)C(=N)[C@@H](N)CC1CCNCC1. The van der Waals surface area contributed by atoms with Crippen molar-refractivity contribution in [1.29, 1.82) is 5.41 Å². The Morgan fingerprint density at radius 1 is 1.35 bits per heavy atom. The average Bonchev–Trinajstić information content (AvgIpc) is 2.57. The zero-order chi connectivity index (χ0) is 16.8. The highest BCUT2D eigenvalue weighted by Crippen LogP contribution is 2.22. The number of nitrogens with zero attached hydrogens (tertiary/aromatic N) is 1. The van der Waals surface area contributed by atoms with Crippen molar-refractivity contribution in [3.8, 4) is 0 Å². The van der Waals surface area contributed by atoms with Gasteiger partial charge in [-0.15, -0.1) is 0 Å². The van der Waals surface area contributed by atoms with Crippen LogP contribution >= 0.6 is 0 Å². The fourth-order valence-electron chi connectivity index (χ4n) is 3.24. The lowest BCUT2D eigenvalue weighted by atomic mass is 9.90. The topological polar surface area (TPSA) is 65.1 Å². The summed E-state index contributed by atoms with van der Waals surface area (Å²) in [6.45, 7) is 6.24. The zero-order valence-electron chi connectivity index (χ0n) is 14.6. The fourth-order valence-corrected chi connectivity index (χ4v) is 3.24. The Hall–Kier alpha value is -1.65. The Labute approximate surface area is 140 Å². The number of rotatable bonds is 5. The first kappa shape index (κ1) is 17.7. The molecule has 0 bridgehead atoms. The lowest BCUT2D eigenvalue weighted by Gasteiger charge is -2.30. The van der Waals surface area contributed by atoms with Crippen molar-refractivity contribution >= 4 is 11.5 Å². The van der Waals surface area contributed by atoms with Gasteiger partial charge in [0, 0.05) is 12.7 Å². The quantitative estimate of drug-likeness (QED) is 0.578. The number of likely N-dealkylation sites (N-methyl/N-ethyl adjacent to an activating group) is 1. The molecule has 126 valence electrons. The predicted molar refractivity (Wildman–Crippen MR) is 98.5 cm³/mol. The molecule has 1 atom stereocenters. The molecule has 1 fully saturated rings. The number of benzene rings is 1. The van der Waals surface area contributed by atoms with Crippen LogP contribution in [-0.4, -0.2) is 36.9 Å². The smallest absolute Gasteiger partial charge is 0.117 e. The van der Waals surface area contributed by atoms with Gasteiger partial charge in [0.15, 0.2) is 0 Å². The molecule has 1 saturated heterocycles. The molecule has 1 aliphatic heterocycles. The largest absolute Gasteiger partial charge is 0.332 e. The van der Waals surface area contributed by atoms with Gasteiger partial charge in [-0.1, -0.05) is 35.9 Å². The molecule has 0 aliphatic carbocycles. The van der Waals surface area contributed by atoms with Crippen LogP contribution in [0.4, 0.5) is 0 Å². The molecule has 0 spiro atoms. The van der Waals surface area contributed by atoms with E-state index in [9.17, 15) is 0 Å². The maximum Gasteiger partial charge on any atom is 0.117 e. The van der Waals surface area contributed by atoms with Gasteiger partial charge >= 0.3 is 0 Å². The van der Waals surface area contributed by atoms with Crippen molar-refractivity contribution < 1.29 is 0 Å². The van der Waals surface area contributed by atoms with Crippen molar-refractivity contribution in [2.75, 3.05) is 20.1 Å². The van der Waals surface area contributed by atoms with Gasteiger partial charge in [0.2, 0.25) is 0 Å². The van der Waals surface area contributed by atoms with Crippen LogP contribution in [0.15, 0.2) is 30.3 Å². The number of aryl methyl sites for hydroxylation is 1. The number of nitrogens with two attached hydrogens (primary N) is 1. The predicted octanol–water partition coefficient (Wildman–Crippen LogP) is 2.98. The molecule has 0 aromatic heterocycles. The first-order valence-corrected chi connectivity index (χ1v) is 8.54. The van der Waals surface area contributed by atoms with Gasteiger partial charge in [-0.05, 0) is 57.7 Å². The molecule has 4 heteroatoms. The highest BCUT2D eigenvalue weighted by Gasteiger charge is 2.22. The van der Waals surface area contributed by atoms with Gasteiger partial charge in [-0.2, -0.15) is 0 Å². The molecule has 0 saturated carbocycles. The number of nitrogens with one attached hydrogen (secondary N) is 2. The molecule has 1 aliphatic rings. The summed E-state index contributed by atoms with van der Waals surface area (Å²) in [7, 11) is 1.94. The highest BCUT2D eigenvalue weighted by atomic mass is 15.2. The number of hydrogen-bond donors (Lipinski definition) is 3. The van der Waals surface area contributed by atoms with E-state index in [2.05, 4.69) is 42.6 Å². The average molecular weight is 314 g/mol. The van der Waals surface area contributed by atoms with E-state index >= 15 is 0 Å². The molecule has 4 N–H and O–H groups in total. The minimum absolute atomic E-state index is 0.205. The van der Waals surface area contributed by atoms with Crippen molar-refractivity contribution in [2.45, 2.75) is 39.2 Å². The van der Waals surface area contributed by atoms with Crippen LogP contribution < -0.4 is 11.1 Å². The molecule has 0 unspecified atom stereocenters. The summed E-state index contributed by atoms with van der Waals surface area (Å²) >= 11 is 0. The van der Waals surface area contributed by atoms with Gasteiger partial charge in [0.1, 0.15) is 5.84 Å². The fraction of sp³-hybridized carbons (Fsp3) is 0.526. The van der Waals surface area contributed by atoms with E-state index in [4.69, 9.17) is 11.1 Å². The lowest BCUT2D eigenvalue weighted by molar-refractivity contribution is 0.344. The monoisotopic (exact) mass is 314 g/mol. The third kappa shape index (κ3) is 4.66. The maximum absolute atomic E-state index is 8.49. The Balaban J connectivity index is 2.02. The third-order valence-corrected chi connectivity index (χ3v) is 4.74. The van der Waals surface area contributed by atoms with Gasteiger partial charge < -0.3 is 16.0 Å². The second-order valence-corrected chi connectivity index (χ2v) is 6.52. The van der Waals surface area contributed by atoms with Crippen LogP contribution in [0.3, 0.4) is 0 Å². The maximum atomic E-state index is 8.49. The Bertz CT molecular complexity index is 541. The van der Waals surface area contributed by atoms with E-state index in [1.54, 1.807) is 0 Å². The van der Waals surface area contributed by atoms with E-state index in [0.717, 1.165) is 30.8 Å². The van der Waals surface area contributed by atoms with Crippen LogP contribution in [0.1, 0.15) is 37.3 Å². The van der Waals surface area contributed by atoms with Crippen molar-refractivity contribution in [1.82, 2.24) is 10.2 Å². The van der Waals surface area contributed by atoms with Gasteiger partial charge in [0.05, 0.1) is 6.04 Å². The molecule has 1 aromatic rings. The molecule has 1 aromatic carbocycles. The summed E-state index contributed by atoms with van der Waals surface area (Å²) in [5.41, 5.74) is 9.73. The lowest BCUT2D eigenvalue weighted by Crippen LogP contribution is -2.42. The first-order chi connectivity index (χ1) is 11.0. The molecule has 0 amide bonds. The number of amidine groups is 1. The highest BCUT2D eigenvalue weighted by molar-refractivity contribution is 5.92. The zero-order valence-corrected chi connectivity index (χ0v) is 14.6. The molecule has 1 heterocycles. The number of allylic oxidation sites excluding steroid dienone is 1. The van der Waals surface area contributed by atoms with E-state index in [0.29, 0.717) is 11.8 Å². The molecule has 23 heavy (non-hydrogen) atoms. The number of hydrogen-bond acceptors (Lipinski definition) is 3. The minimum Gasteiger partial charge on any atom is -0.332 e. The van der Waals surface area contributed by atoms with Gasteiger partial charge in [0.25, 0.3) is 0 Å². The summed E-state index contributed by atoms with van der Waals surface area (Å²) in [6, 6.07) is 8.21. The molecular formula is C19H30N4. The summed E-state index contributed by atoms with van der Waals surface area (Å²) in [6.07, 6.45) is 5.28. The summed E-state index contributed by atoms with van der Waals surface area (Å²) < 4.78 is 0. The number of piperidine rings is 1. The van der Waals surface area contributed by atoms with Crippen LogP contribution in [0.5, 0.6) is 0 Å². The first-order valence-electron chi connectivity index (χ1n) is 8.54. The molecule has 2 rings (SSSR count). The summed E-state index contributed by atoms with van der Waals surface area (Å²) in [5, 5.41) is 11.9. The normalized spacial score (nSPS) is 17.8. The summed E-state index contributed by atoms with van der Waals surface area (Å²) in [5.74, 6) is 1.13. The Morgan fingerprint density at radius 2 is 1.96 bits per heavy atom.